The number of nitrogens with two attached hydrogens (primary N) is 1. The van der Waals surface area contributed by atoms with Crippen LogP contribution in [0.5, 0.6) is 5.88 Å². The maximum absolute atomic E-state index is 12.3. The molecular formula is C12H17N5O3S. The molecule has 0 unspecified atom stereocenters. The first-order valence-corrected chi connectivity index (χ1v) is 7.61. The van der Waals surface area contributed by atoms with Crippen LogP contribution in [0.15, 0.2) is 23.2 Å². The van der Waals surface area contributed by atoms with Crippen molar-refractivity contribution in [2.24, 2.45) is 7.05 Å². The number of nitrogen functional groups attached to an aromatic ring is 1. The summed E-state index contributed by atoms with van der Waals surface area (Å²) in [5.41, 5.74) is 6.87. The Balaban J connectivity index is 2.22. The Hall–Kier alpha value is -2.13. The summed E-state index contributed by atoms with van der Waals surface area (Å²) in [6.45, 7) is 1.75. The Labute approximate surface area is 123 Å². The normalized spacial score (nSPS) is 11.6. The summed E-state index contributed by atoms with van der Waals surface area (Å²) in [4.78, 5) is 3.96. The molecule has 21 heavy (non-hydrogen) atoms. The van der Waals surface area contributed by atoms with Gasteiger partial charge in [0.25, 0.3) is 0 Å². The molecule has 0 saturated heterocycles. The van der Waals surface area contributed by atoms with Gasteiger partial charge in [0.1, 0.15) is 4.90 Å². The number of hydrogen-bond acceptors (Lipinski definition) is 6. The Kier molecular flexibility index (Phi) is 4.14. The number of anilines is 1. The van der Waals surface area contributed by atoms with E-state index >= 15 is 0 Å². The van der Waals surface area contributed by atoms with Crippen molar-refractivity contribution >= 4 is 15.8 Å². The van der Waals surface area contributed by atoms with E-state index in [1.807, 2.05) is 0 Å². The molecule has 0 atom stereocenters. The summed E-state index contributed by atoms with van der Waals surface area (Å²) in [5, 5.41) is 3.90. The Bertz CT molecular complexity index is 754. The van der Waals surface area contributed by atoms with Crippen LogP contribution < -0.4 is 15.2 Å². The number of nitrogens with zero attached hydrogens (tertiary/aromatic N) is 3. The third kappa shape index (κ3) is 3.14. The number of ether oxygens (including phenoxy) is 1. The minimum absolute atomic E-state index is 0.00558. The smallest absolute Gasteiger partial charge is 0.246 e. The number of aromatic nitrogens is 3. The number of nitrogens with one attached hydrogen (secondary N) is 1. The second kappa shape index (κ2) is 5.70. The molecule has 0 aliphatic carbocycles. The van der Waals surface area contributed by atoms with Gasteiger partial charge in [-0.15, -0.1) is 0 Å². The number of rotatable bonds is 5. The highest BCUT2D eigenvalue weighted by atomic mass is 32.2. The minimum atomic E-state index is -3.74. The predicted molar refractivity (Wildman–Crippen MR) is 77.2 cm³/mol. The van der Waals surface area contributed by atoms with Crippen molar-refractivity contribution < 1.29 is 13.2 Å². The molecule has 0 aliphatic heterocycles. The van der Waals surface area contributed by atoms with E-state index in [1.54, 1.807) is 32.3 Å². The van der Waals surface area contributed by atoms with Gasteiger partial charge in [-0.05, 0) is 18.6 Å². The highest BCUT2D eigenvalue weighted by Crippen LogP contribution is 2.21. The zero-order valence-electron chi connectivity index (χ0n) is 12.0. The van der Waals surface area contributed by atoms with Gasteiger partial charge in [-0.25, -0.2) is 18.1 Å². The first-order valence-electron chi connectivity index (χ1n) is 6.13. The van der Waals surface area contributed by atoms with Crippen molar-refractivity contribution in [1.82, 2.24) is 19.5 Å². The molecule has 114 valence electrons. The van der Waals surface area contributed by atoms with Crippen molar-refractivity contribution in [1.29, 1.82) is 0 Å². The highest BCUT2D eigenvalue weighted by Gasteiger charge is 2.24. The molecule has 0 radical (unpaired) electrons. The largest absolute Gasteiger partial charge is 0.481 e. The first kappa shape index (κ1) is 15.3. The second-order valence-electron chi connectivity index (χ2n) is 4.45. The van der Waals surface area contributed by atoms with Gasteiger partial charge in [0.15, 0.2) is 5.82 Å². The van der Waals surface area contributed by atoms with Crippen LogP contribution in [0.2, 0.25) is 0 Å². The lowest BCUT2D eigenvalue weighted by Gasteiger charge is -2.08. The van der Waals surface area contributed by atoms with Gasteiger partial charge >= 0.3 is 0 Å². The lowest BCUT2D eigenvalue weighted by Crippen LogP contribution is -2.24. The molecule has 2 aromatic rings. The topological polar surface area (TPSA) is 112 Å². The van der Waals surface area contributed by atoms with Crippen molar-refractivity contribution in [3.63, 3.8) is 0 Å². The summed E-state index contributed by atoms with van der Waals surface area (Å²) in [6, 6.07) is 3.35. The molecule has 2 rings (SSSR count). The number of sulfonamides is 1. The molecule has 0 aromatic carbocycles. The zero-order valence-corrected chi connectivity index (χ0v) is 12.8. The average molecular weight is 311 g/mol. The van der Waals surface area contributed by atoms with Crippen molar-refractivity contribution in [2.75, 3.05) is 12.8 Å². The first-order chi connectivity index (χ1) is 9.85. The Morgan fingerprint density at radius 3 is 2.76 bits per heavy atom. The Morgan fingerprint density at radius 1 is 1.48 bits per heavy atom. The lowest BCUT2D eigenvalue weighted by atomic mass is 10.3. The summed E-state index contributed by atoms with van der Waals surface area (Å²) < 4.78 is 33.6. The molecule has 8 nitrogen and oxygen atoms in total. The fourth-order valence-corrected chi connectivity index (χ4v) is 3.21. The Morgan fingerprint density at radius 2 is 2.19 bits per heavy atom. The van der Waals surface area contributed by atoms with Crippen LogP contribution in [0.4, 0.5) is 5.82 Å². The van der Waals surface area contributed by atoms with Gasteiger partial charge < -0.3 is 10.5 Å². The van der Waals surface area contributed by atoms with E-state index in [4.69, 9.17) is 10.5 Å². The lowest BCUT2D eigenvalue weighted by molar-refractivity contribution is 0.397. The van der Waals surface area contributed by atoms with Crippen LogP contribution in [-0.4, -0.2) is 30.3 Å². The van der Waals surface area contributed by atoms with Crippen molar-refractivity contribution in [3.8, 4) is 5.88 Å². The predicted octanol–water partition coefficient (Wildman–Crippen LogP) is 0.193. The molecule has 3 N–H and O–H groups in total. The SMILES string of the molecule is COc1cc(CNS(=O)(=O)c2c(N)nn(C)c2C)ccn1. The molecular weight excluding hydrogens is 294 g/mol. The third-order valence-electron chi connectivity index (χ3n) is 3.05. The van der Waals surface area contributed by atoms with Gasteiger partial charge in [0.2, 0.25) is 15.9 Å². The number of aryl methyl sites for hydroxylation is 1. The molecule has 2 aromatic heterocycles. The van der Waals surface area contributed by atoms with E-state index in [1.165, 1.54) is 11.8 Å². The maximum Gasteiger partial charge on any atom is 0.246 e. The van der Waals surface area contributed by atoms with Crippen LogP contribution >= 0.6 is 0 Å². The number of methoxy groups -OCH3 is 1. The molecule has 0 bridgehead atoms. The van der Waals surface area contributed by atoms with Crippen molar-refractivity contribution in [3.05, 3.63) is 29.6 Å². The molecule has 0 fully saturated rings. The molecule has 0 aliphatic rings. The van der Waals surface area contributed by atoms with E-state index in [0.29, 0.717) is 11.6 Å². The minimum Gasteiger partial charge on any atom is -0.481 e. The molecule has 0 amide bonds. The monoisotopic (exact) mass is 311 g/mol. The maximum atomic E-state index is 12.3. The zero-order chi connectivity index (χ0) is 15.6. The standard InChI is InChI=1S/C12H17N5O3S/c1-8-11(12(13)16-17(8)2)21(18,19)15-7-9-4-5-14-10(6-9)20-3/h4-6,15H,7H2,1-3H3,(H2,13,16). The van der Waals surface area contributed by atoms with E-state index in [0.717, 1.165) is 5.56 Å². The second-order valence-corrected chi connectivity index (χ2v) is 6.16. The third-order valence-corrected chi connectivity index (χ3v) is 4.61. The summed E-state index contributed by atoms with van der Waals surface area (Å²) in [5.74, 6) is 0.401. The summed E-state index contributed by atoms with van der Waals surface area (Å²) in [6.07, 6.45) is 1.55. The van der Waals surface area contributed by atoms with Gasteiger partial charge in [-0.2, -0.15) is 5.10 Å². The number of hydrogen-bond donors (Lipinski definition) is 2. The highest BCUT2D eigenvalue weighted by molar-refractivity contribution is 7.89. The molecule has 0 spiro atoms. The fourth-order valence-electron chi connectivity index (χ4n) is 1.87. The molecule has 9 heteroatoms. The van der Waals surface area contributed by atoms with Gasteiger partial charge in [0.05, 0.1) is 12.8 Å². The van der Waals surface area contributed by atoms with E-state index in [9.17, 15) is 8.42 Å². The van der Waals surface area contributed by atoms with Crippen LogP contribution in [-0.2, 0) is 23.6 Å². The van der Waals surface area contributed by atoms with E-state index in [2.05, 4.69) is 14.8 Å². The fraction of sp³-hybridized carbons (Fsp3) is 0.333. The van der Waals surface area contributed by atoms with Crippen LogP contribution in [0.3, 0.4) is 0 Å². The molecule has 0 saturated carbocycles. The van der Waals surface area contributed by atoms with E-state index in [-0.39, 0.29) is 17.3 Å². The van der Waals surface area contributed by atoms with Crippen LogP contribution in [0.25, 0.3) is 0 Å². The van der Waals surface area contributed by atoms with E-state index < -0.39 is 10.0 Å². The quantitative estimate of drug-likeness (QED) is 0.815. The summed E-state index contributed by atoms with van der Waals surface area (Å²) in [7, 11) is -0.605. The van der Waals surface area contributed by atoms with Gasteiger partial charge in [-0.1, -0.05) is 0 Å². The number of pyridine rings is 1. The van der Waals surface area contributed by atoms with Crippen LogP contribution in [0.1, 0.15) is 11.3 Å². The molecule has 2 heterocycles. The average Bonchev–Trinajstić information content (AvgIpc) is 2.71. The van der Waals surface area contributed by atoms with Gasteiger partial charge in [0, 0.05) is 25.9 Å². The van der Waals surface area contributed by atoms with Crippen molar-refractivity contribution in [2.45, 2.75) is 18.4 Å². The summed E-state index contributed by atoms with van der Waals surface area (Å²) >= 11 is 0. The van der Waals surface area contributed by atoms with Crippen LogP contribution in [0, 0.1) is 6.92 Å². The van der Waals surface area contributed by atoms with Gasteiger partial charge in [-0.3, -0.25) is 4.68 Å².